The molecule has 1 heterocycles. The summed E-state index contributed by atoms with van der Waals surface area (Å²) in [5, 5.41) is 0. The molecule has 0 aliphatic carbocycles. The molecule has 5 nitrogen and oxygen atoms in total. The lowest BCUT2D eigenvalue weighted by atomic mass is 10.1. The Balaban J connectivity index is 2.66. The zero-order valence-corrected chi connectivity index (χ0v) is 12.4. The van der Waals surface area contributed by atoms with Crippen LogP contribution in [0.4, 0.5) is 0 Å². The molecule has 1 atom stereocenters. The lowest BCUT2D eigenvalue weighted by molar-refractivity contribution is -0.154. The zero-order valence-electron chi connectivity index (χ0n) is 12.4. The maximum atomic E-state index is 12.4. The van der Waals surface area contributed by atoms with Crippen molar-refractivity contribution in [3.63, 3.8) is 0 Å². The van der Waals surface area contributed by atoms with Gasteiger partial charge in [-0.15, -0.1) is 0 Å². The van der Waals surface area contributed by atoms with Gasteiger partial charge >= 0.3 is 0 Å². The van der Waals surface area contributed by atoms with Crippen LogP contribution < -0.4 is 0 Å². The highest BCUT2D eigenvalue weighted by Crippen LogP contribution is 2.15. The number of hydrogen-bond acceptors (Lipinski definition) is 4. The highest BCUT2D eigenvalue weighted by Gasteiger charge is 2.32. The Labute approximate surface area is 115 Å². The molecule has 0 spiro atoms. The summed E-state index contributed by atoms with van der Waals surface area (Å²) in [6.07, 6.45) is 5.70. The van der Waals surface area contributed by atoms with Crippen molar-refractivity contribution in [2.75, 3.05) is 13.7 Å². The van der Waals surface area contributed by atoms with Crippen molar-refractivity contribution in [1.29, 1.82) is 0 Å². The second-order valence-corrected chi connectivity index (χ2v) is 5.11. The van der Waals surface area contributed by atoms with E-state index in [4.69, 9.17) is 4.74 Å². The van der Waals surface area contributed by atoms with Crippen molar-refractivity contribution < 1.29 is 9.53 Å². The van der Waals surface area contributed by atoms with E-state index in [-0.39, 0.29) is 11.9 Å². The molecule has 0 aliphatic rings. The summed E-state index contributed by atoms with van der Waals surface area (Å²) in [5.74, 6) is -0.0225. The largest absolute Gasteiger partial charge is 0.366 e. The minimum Gasteiger partial charge on any atom is -0.366 e. The van der Waals surface area contributed by atoms with Crippen LogP contribution in [0.5, 0.6) is 0 Å². The Hall–Kier alpha value is -1.49. The quantitative estimate of drug-likeness (QED) is 0.785. The highest BCUT2D eigenvalue weighted by atomic mass is 16.5. The molecule has 106 valence electrons. The SMILES string of the molecule is CCOC(C)(C)C(=O)N(C)[C@@H](C)Cc1cnccn1. The number of ether oxygens (including phenoxy) is 1. The zero-order chi connectivity index (χ0) is 14.5. The van der Waals surface area contributed by atoms with Gasteiger partial charge in [-0.3, -0.25) is 14.8 Å². The smallest absolute Gasteiger partial charge is 0.254 e. The van der Waals surface area contributed by atoms with Gasteiger partial charge in [0.2, 0.25) is 0 Å². The van der Waals surface area contributed by atoms with E-state index in [0.29, 0.717) is 13.0 Å². The van der Waals surface area contributed by atoms with Gasteiger partial charge in [-0.25, -0.2) is 0 Å². The molecule has 0 bridgehead atoms. The second kappa shape index (κ2) is 6.61. The molecular formula is C14H23N3O2. The third kappa shape index (κ3) is 4.28. The number of carbonyl (C=O) groups excluding carboxylic acids is 1. The topological polar surface area (TPSA) is 55.3 Å². The first-order valence-corrected chi connectivity index (χ1v) is 6.54. The molecule has 0 fully saturated rings. The minimum atomic E-state index is -0.792. The Morgan fingerprint density at radius 1 is 1.47 bits per heavy atom. The summed E-state index contributed by atoms with van der Waals surface area (Å²) in [6, 6.07) is 0.0453. The summed E-state index contributed by atoms with van der Waals surface area (Å²) in [5.41, 5.74) is 0.0870. The van der Waals surface area contributed by atoms with E-state index in [9.17, 15) is 4.79 Å². The van der Waals surface area contributed by atoms with Gasteiger partial charge in [0.05, 0.1) is 5.69 Å². The number of aromatic nitrogens is 2. The van der Waals surface area contributed by atoms with Gasteiger partial charge in [0.25, 0.3) is 5.91 Å². The number of rotatable bonds is 6. The number of likely N-dealkylation sites (N-methyl/N-ethyl adjacent to an activating group) is 1. The Morgan fingerprint density at radius 3 is 2.68 bits per heavy atom. The van der Waals surface area contributed by atoms with Crippen molar-refractivity contribution in [3.8, 4) is 0 Å². The van der Waals surface area contributed by atoms with E-state index in [0.717, 1.165) is 5.69 Å². The van der Waals surface area contributed by atoms with Crippen molar-refractivity contribution in [1.82, 2.24) is 14.9 Å². The van der Waals surface area contributed by atoms with Crippen LogP contribution in [-0.2, 0) is 16.0 Å². The number of nitrogens with zero attached hydrogens (tertiary/aromatic N) is 3. The van der Waals surface area contributed by atoms with E-state index in [1.54, 1.807) is 44.4 Å². The summed E-state index contributed by atoms with van der Waals surface area (Å²) in [6.45, 7) is 7.99. The third-order valence-electron chi connectivity index (χ3n) is 3.12. The van der Waals surface area contributed by atoms with Crippen LogP contribution in [0.2, 0.25) is 0 Å². The molecule has 0 aromatic carbocycles. The fraction of sp³-hybridized carbons (Fsp3) is 0.643. The van der Waals surface area contributed by atoms with Gasteiger partial charge in [0.15, 0.2) is 0 Å². The van der Waals surface area contributed by atoms with Crippen LogP contribution in [-0.4, -0.2) is 46.1 Å². The van der Waals surface area contributed by atoms with Crippen LogP contribution in [0, 0.1) is 0 Å². The highest BCUT2D eigenvalue weighted by molar-refractivity contribution is 5.84. The average Bonchev–Trinajstić information content (AvgIpc) is 2.38. The Morgan fingerprint density at radius 2 is 2.16 bits per heavy atom. The normalized spacial score (nSPS) is 13.1. The van der Waals surface area contributed by atoms with E-state index >= 15 is 0 Å². The summed E-state index contributed by atoms with van der Waals surface area (Å²) >= 11 is 0. The third-order valence-corrected chi connectivity index (χ3v) is 3.12. The van der Waals surface area contributed by atoms with Crippen molar-refractivity contribution >= 4 is 5.91 Å². The summed E-state index contributed by atoms with van der Waals surface area (Å²) in [4.78, 5) is 22.3. The lowest BCUT2D eigenvalue weighted by Crippen LogP contribution is -2.49. The van der Waals surface area contributed by atoms with Crippen molar-refractivity contribution in [3.05, 3.63) is 24.3 Å². The molecule has 0 N–H and O–H groups in total. The predicted octanol–water partition coefficient (Wildman–Crippen LogP) is 1.68. The van der Waals surface area contributed by atoms with Crippen molar-refractivity contribution in [2.24, 2.45) is 0 Å². The molecule has 0 saturated heterocycles. The number of hydrogen-bond donors (Lipinski definition) is 0. The van der Waals surface area contributed by atoms with E-state index in [1.807, 2.05) is 13.8 Å². The van der Waals surface area contributed by atoms with Crippen LogP contribution in [0.1, 0.15) is 33.4 Å². The molecule has 1 aromatic rings. The average molecular weight is 265 g/mol. The van der Waals surface area contributed by atoms with E-state index in [1.165, 1.54) is 0 Å². The van der Waals surface area contributed by atoms with Crippen LogP contribution in [0.15, 0.2) is 18.6 Å². The Bertz CT molecular complexity index is 406. The maximum Gasteiger partial charge on any atom is 0.254 e. The number of carbonyl (C=O) groups is 1. The second-order valence-electron chi connectivity index (χ2n) is 5.11. The van der Waals surface area contributed by atoms with Crippen molar-refractivity contribution in [2.45, 2.75) is 45.8 Å². The first-order valence-electron chi connectivity index (χ1n) is 6.54. The minimum absolute atomic E-state index is 0.0225. The van der Waals surface area contributed by atoms with Crippen LogP contribution in [0.3, 0.4) is 0 Å². The van der Waals surface area contributed by atoms with Gasteiger partial charge in [-0.05, 0) is 27.7 Å². The van der Waals surface area contributed by atoms with Gasteiger partial charge < -0.3 is 9.64 Å². The molecule has 0 radical (unpaired) electrons. The summed E-state index contributed by atoms with van der Waals surface area (Å²) < 4.78 is 5.49. The molecule has 1 amide bonds. The van der Waals surface area contributed by atoms with Crippen LogP contribution >= 0.6 is 0 Å². The van der Waals surface area contributed by atoms with Gasteiger partial charge in [-0.2, -0.15) is 0 Å². The summed E-state index contributed by atoms with van der Waals surface area (Å²) in [7, 11) is 1.80. The van der Waals surface area contributed by atoms with Gasteiger partial charge in [0.1, 0.15) is 5.60 Å². The first-order chi connectivity index (χ1) is 8.88. The molecular weight excluding hydrogens is 242 g/mol. The fourth-order valence-corrected chi connectivity index (χ4v) is 1.92. The Kier molecular flexibility index (Phi) is 5.42. The molecule has 0 saturated carbocycles. The van der Waals surface area contributed by atoms with E-state index < -0.39 is 5.60 Å². The standard InChI is InChI=1S/C14H23N3O2/c1-6-19-14(3,4)13(18)17(5)11(2)9-12-10-15-7-8-16-12/h7-8,10-11H,6,9H2,1-5H3/t11-/m0/s1. The molecule has 1 rings (SSSR count). The predicted molar refractivity (Wildman–Crippen MR) is 73.7 cm³/mol. The number of amides is 1. The van der Waals surface area contributed by atoms with Crippen LogP contribution in [0.25, 0.3) is 0 Å². The molecule has 0 unspecified atom stereocenters. The first kappa shape index (κ1) is 15.6. The lowest BCUT2D eigenvalue weighted by Gasteiger charge is -2.32. The maximum absolute atomic E-state index is 12.4. The van der Waals surface area contributed by atoms with Gasteiger partial charge in [-0.1, -0.05) is 0 Å². The fourth-order valence-electron chi connectivity index (χ4n) is 1.92. The molecule has 0 aliphatic heterocycles. The molecule has 1 aromatic heterocycles. The molecule has 5 heteroatoms. The van der Waals surface area contributed by atoms with E-state index in [2.05, 4.69) is 9.97 Å². The van der Waals surface area contributed by atoms with Gasteiger partial charge in [0, 0.05) is 44.7 Å². The molecule has 19 heavy (non-hydrogen) atoms. The monoisotopic (exact) mass is 265 g/mol.